The summed E-state index contributed by atoms with van der Waals surface area (Å²) in [5.41, 5.74) is 1.45. The topological polar surface area (TPSA) is 68.3 Å². The third kappa shape index (κ3) is 5.01. The van der Waals surface area contributed by atoms with Crippen molar-refractivity contribution in [3.8, 4) is 0 Å². The van der Waals surface area contributed by atoms with E-state index < -0.39 is 5.97 Å². The Morgan fingerprint density at radius 1 is 1.35 bits per heavy atom. The molecule has 0 aliphatic carbocycles. The minimum atomic E-state index is -0.423. The van der Waals surface area contributed by atoms with Crippen LogP contribution in [0.2, 0.25) is 0 Å². The molecule has 23 heavy (non-hydrogen) atoms. The Labute approximate surface area is 146 Å². The average molecular weight is 395 g/mol. The van der Waals surface area contributed by atoms with Crippen LogP contribution in [0.25, 0.3) is 6.08 Å². The quantitative estimate of drug-likeness (QED) is 0.613. The highest BCUT2D eigenvalue weighted by Gasteiger charge is 2.16. The Balaban J connectivity index is 2.01. The number of nitrogens with one attached hydrogen (secondary N) is 1. The molecule has 2 rings (SSSR count). The molecular weight excluding hydrogens is 380 g/mol. The van der Waals surface area contributed by atoms with Crippen molar-refractivity contribution < 1.29 is 14.3 Å². The second-order valence-corrected chi connectivity index (χ2v) is 6.44. The first kappa shape index (κ1) is 17.4. The van der Waals surface area contributed by atoms with E-state index in [0.29, 0.717) is 22.3 Å². The predicted octanol–water partition coefficient (Wildman–Crippen LogP) is 4.04. The molecule has 0 saturated carbocycles. The van der Waals surface area contributed by atoms with Crippen molar-refractivity contribution in [1.29, 1.82) is 0 Å². The molecular formula is C16H15BrN2O3S. The molecule has 1 heterocycles. The fourth-order valence-electron chi connectivity index (χ4n) is 1.73. The largest absolute Gasteiger partial charge is 0.462 e. The van der Waals surface area contributed by atoms with E-state index in [4.69, 9.17) is 4.74 Å². The lowest BCUT2D eigenvalue weighted by atomic mass is 10.2. The number of esters is 1. The molecule has 7 heteroatoms. The number of anilines is 1. The highest BCUT2D eigenvalue weighted by atomic mass is 79.9. The zero-order valence-electron chi connectivity index (χ0n) is 12.6. The minimum Gasteiger partial charge on any atom is -0.462 e. The van der Waals surface area contributed by atoms with Gasteiger partial charge in [-0.1, -0.05) is 39.4 Å². The molecule has 2 aromatic rings. The number of nitrogens with zero attached hydrogens (tertiary/aromatic N) is 1. The number of aromatic nitrogens is 1. The standard InChI is InChI=1S/C16H15BrN2O3S/c1-3-22-15(21)14-10(2)18-16(23-14)19-13(20)9-6-11-4-7-12(17)8-5-11/h4-9H,3H2,1-2H3,(H,18,19,20). The van der Waals surface area contributed by atoms with Crippen LogP contribution in [-0.2, 0) is 9.53 Å². The van der Waals surface area contributed by atoms with Crippen LogP contribution in [0.3, 0.4) is 0 Å². The third-order valence-electron chi connectivity index (χ3n) is 2.78. The van der Waals surface area contributed by atoms with Crippen LogP contribution in [0.15, 0.2) is 34.8 Å². The number of halogens is 1. The van der Waals surface area contributed by atoms with Gasteiger partial charge in [-0.2, -0.15) is 0 Å². The number of carbonyl (C=O) groups is 2. The maximum absolute atomic E-state index is 11.9. The van der Waals surface area contributed by atoms with Gasteiger partial charge in [0.25, 0.3) is 0 Å². The van der Waals surface area contributed by atoms with E-state index in [1.807, 2.05) is 24.3 Å². The first-order valence-electron chi connectivity index (χ1n) is 6.88. The van der Waals surface area contributed by atoms with Crippen LogP contribution in [0.5, 0.6) is 0 Å². The van der Waals surface area contributed by atoms with E-state index in [2.05, 4.69) is 26.2 Å². The number of hydrogen-bond donors (Lipinski definition) is 1. The van der Waals surface area contributed by atoms with E-state index >= 15 is 0 Å². The Morgan fingerprint density at radius 2 is 2.04 bits per heavy atom. The fourth-order valence-corrected chi connectivity index (χ4v) is 2.86. The highest BCUT2D eigenvalue weighted by Crippen LogP contribution is 2.23. The molecule has 0 atom stereocenters. The summed E-state index contributed by atoms with van der Waals surface area (Å²) in [7, 11) is 0. The van der Waals surface area contributed by atoms with Gasteiger partial charge in [-0.3, -0.25) is 10.1 Å². The van der Waals surface area contributed by atoms with E-state index in [1.165, 1.54) is 6.08 Å². The molecule has 0 radical (unpaired) electrons. The number of aryl methyl sites for hydroxylation is 1. The van der Waals surface area contributed by atoms with E-state index in [9.17, 15) is 9.59 Å². The van der Waals surface area contributed by atoms with Crippen molar-refractivity contribution >= 4 is 50.4 Å². The number of amides is 1. The lowest BCUT2D eigenvalue weighted by molar-refractivity contribution is -0.111. The molecule has 1 amide bonds. The number of carbonyl (C=O) groups excluding carboxylic acids is 2. The second-order valence-electron chi connectivity index (χ2n) is 4.53. The molecule has 0 unspecified atom stereocenters. The predicted molar refractivity (Wildman–Crippen MR) is 94.6 cm³/mol. The summed E-state index contributed by atoms with van der Waals surface area (Å²) >= 11 is 4.46. The summed E-state index contributed by atoms with van der Waals surface area (Å²) in [4.78, 5) is 28.2. The van der Waals surface area contributed by atoms with Crippen molar-refractivity contribution in [2.45, 2.75) is 13.8 Å². The number of hydrogen-bond acceptors (Lipinski definition) is 5. The zero-order valence-corrected chi connectivity index (χ0v) is 15.0. The SMILES string of the molecule is CCOC(=O)c1sc(NC(=O)C=Cc2ccc(Br)cc2)nc1C. The van der Waals surface area contributed by atoms with Gasteiger partial charge in [-0.25, -0.2) is 9.78 Å². The summed E-state index contributed by atoms with van der Waals surface area (Å²) < 4.78 is 5.92. The minimum absolute atomic E-state index is 0.299. The van der Waals surface area contributed by atoms with Gasteiger partial charge in [-0.05, 0) is 37.6 Å². The van der Waals surface area contributed by atoms with Crippen molar-refractivity contribution in [2.75, 3.05) is 11.9 Å². The van der Waals surface area contributed by atoms with Gasteiger partial charge in [0.2, 0.25) is 5.91 Å². The van der Waals surface area contributed by atoms with Gasteiger partial charge >= 0.3 is 5.97 Å². The molecule has 0 aliphatic rings. The Bertz CT molecular complexity index is 738. The van der Waals surface area contributed by atoms with Crippen LogP contribution in [0.4, 0.5) is 5.13 Å². The first-order valence-corrected chi connectivity index (χ1v) is 8.49. The first-order chi connectivity index (χ1) is 11.0. The van der Waals surface area contributed by atoms with Crippen molar-refractivity contribution in [3.05, 3.63) is 50.9 Å². The van der Waals surface area contributed by atoms with Crippen molar-refractivity contribution in [1.82, 2.24) is 4.98 Å². The second kappa shape index (κ2) is 8.03. The van der Waals surface area contributed by atoms with Crippen LogP contribution in [0, 0.1) is 6.92 Å². The average Bonchev–Trinajstić information content (AvgIpc) is 2.87. The van der Waals surface area contributed by atoms with Gasteiger partial charge in [0.1, 0.15) is 4.88 Å². The molecule has 0 spiro atoms. The summed E-state index contributed by atoms with van der Waals surface area (Å²) in [6.07, 6.45) is 3.12. The zero-order chi connectivity index (χ0) is 16.8. The molecule has 0 bridgehead atoms. The van der Waals surface area contributed by atoms with E-state index in [0.717, 1.165) is 21.4 Å². The molecule has 120 valence electrons. The maximum atomic E-state index is 11.9. The molecule has 1 aromatic heterocycles. The normalized spacial score (nSPS) is 10.7. The van der Waals surface area contributed by atoms with Crippen LogP contribution in [-0.4, -0.2) is 23.5 Å². The van der Waals surface area contributed by atoms with E-state index in [1.54, 1.807) is 19.9 Å². The molecule has 1 N–H and O–H groups in total. The van der Waals surface area contributed by atoms with Crippen LogP contribution in [0.1, 0.15) is 27.9 Å². The number of benzene rings is 1. The Hall–Kier alpha value is -1.99. The maximum Gasteiger partial charge on any atom is 0.350 e. The molecule has 5 nitrogen and oxygen atoms in total. The number of thiazole rings is 1. The third-order valence-corrected chi connectivity index (χ3v) is 4.37. The van der Waals surface area contributed by atoms with Crippen molar-refractivity contribution in [2.24, 2.45) is 0 Å². The van der Waals surface area contributed by atoms with Gasteiger partial charge in [-0.15, -0.1) is 0 Å². The lowest BCUT2D eigenvalue weighted by Gasteiger charge is -1.98. The van der Waals surface area contributed by atoms with Crippen LogP contribution >= 0.6 is 27.3 Å². The van der Waals surface area contributed by atoms with Crippen molar-refractivity contribution in [3.63, 3.8) is 0 Å². The van der Waals surface area contributed by atoms with Gasteiger partial charge in [0.05, 0.1) is 12.3 Å². The summed E-state index contributed by atoms with van der Waals surface area (Å²) in [5, 5.41) is 3.02. The molecule has 0 aliphatic heterocycles. The summed E-state index contributed by atoms with van der Waals surface area (Å²) in [6, 6.07) is 7.57. The summed E-state index contributed by atoms with van der Waals surface area (Å²) in [6.45, 7) is 3.74. The van der Waals surface area contributed by atoms with Gasteiger partial charge in [0, 0.05) is 10.5 Å². The molecule has 1 aromatic carbocycles. The van der Waals surface area contributed by atoms with E-state index in [-0.39, 0.29) is 5.91 Å². The number of ether oxygens (including phenoxy) is 1. The number of rotatable bonds is 5. The molecule has 0 fully saturated rings. The monoisotopic (exact) mass is 394 g/mol. The highest BCUT2D eigenvalue weighted by molar-refractivity contribution is 9.10. The Kier molecular flexibility index (Phi) is 6.06. The van der Waals surface area contributed by atoms with Gasteiger partial charge < -0.3 is 4.74 Å². The summed E-state index contributed by atoms with van der Waals surface area (Å²) in [5.74, 6) is -0.731. The fraction of sp³-hybridized carbons (Fsp3) is 0.188. The smallest absolute Gasteiger partial charge is 0.350 e. The lowest BCUT2D eigenvalue weighted by Crippen LogP contribution is -2.07. The van der Waals surface area contributed by atoms with Gasteiger partial charge in [0.15, 0.2) is 5.13 Å². The Morgan fingerprint density at radius 3 is 2.70 bits per heavy atom. The van der Waals surface area contributed by atoms with Crippen LogP contribution < -0.4 is 5.32 Å². The molecule has 0 saturated heterocycles.